The number of amides is 2. The second kappa shape index (κ2) is 12.1. The van der Waals surface area contributed by atoms with Crippen LogP contribution >= 0.6 is 22.9 Å². The van der Waals surface area contributed by atoms with E-state index in [1.165, 1.54) is 11.3 Å². The third kappa shape index (κ3) is 6.00. The number of fused-ring (bicyclic) bond motifs is 1. The molecule has 2 amide bonds. The van der Waals surface area contributed by atoms with Crippen LogP contribution in [0, 0.1) is 5.92 Å². The van der Waals surface area contributed by atoms with Gasteiger partial charge in [-0.3, -0.25) is 4.79 Å². The largest absolute Gasteiger partial charge is 0.496 e. The van der Waals surface area contributed by atoms with Crippen LogP contribution in [0.15, 0.2) is 60.8 Å². The summed E-state index contributed by atoms with van der Waals surface area (Å²) in [6.45, 7) is 0.759. The molecule has 0 bridgehead atoms. The van der Waals surface area contributed by atoms with Gasteiger partial charge in [0.05, 0.1) is 12.1 Å². The fourth-order valence-electron chi connectivity index (χ4n) is 5.38. The minimum absolute atomic E-state index is 0.0265. The Morgan fingerprint density at radius 2 is 1.88 bits per heavy atom. The van der Waals surface area contributed by atoms with E-state index in [0.717, 1.165) is 52.5 Å². The SMILES string of the molecule is COc1ccc(-c2ccc(N)nc2)cc1CN(C(=O)c1sc2ccccc2c1Cl)C1CCC(CNC(=O)O)CC1. The molecule has 1 saturated carbocycles. The molecular formula is C30H31ClN4O4S. The average molecular weight is 579 g/mol. The number of carbonyl (C=O) groups is 2. The predicted molar refractivity (Wildman–Crippen MR) is 159 cm³/mol. The summed E-state index contributed by atoms with van der Waals surface area (Å²) in [4.78, 5) is 31.9. The summed E-state index contributed by atoms with van der Waals surface area (Å²) in [6.07, 6.45) is 3.90. The van der Waals surface area contributed by atoms with Gasteiger partial charge in [0.2, 0.25) is 0 Å². The first kappa shape index (κ1) is 27.7. The van der Waals surface area contributed by atoms with Crippen molar-refractivity contribution in [2.24, 2.45) is 5.92 Å². The minimum Gasteiger partial charge on any atom is -0.496 e. The fraction of sp³-hybridized carbons (Fsp3) is 0.300. The van der Waals surface area contributed by atoms with E-state index in [1.54, 1.807) is 19.4 Å². The number of aromatic nitrogens is 1. The van der Waals surface area contributed by atoms with Crippen molar-refractivity contribution in [3.05, 3.63) is 76.3 Å². The van der Waals surface area contributed by atoms with Crippen LogP contribution in [0.1, 0.15) is 40.9 Å². The number of hydrogen-bond acceptors (Lipinski definition) is 6. The lowest BCUT2D eigenvalue weighted by Gasteiger charge is -2.37. The van der Waals surface area contributed by atoms with Crippen molar-refractivity contribution in [1.82, 2.24) is 15.2 Å². The van der Waals surface area contributed by atoms with Crippen molar-refractivity contribution in [2.75, 3.05) is 19.4 Å². The van der Waals surface area contributed by atoms with Gasteiger partial charge in [-0.15, -0.1) is 11.3 Å². The zero-order valence-electron chi connectivity index (χ0n) is 22.1. The number of nitrogens with zero attached hydrogens (tertiary/aromatic N) is 2. The van der Waals surface area contributed by atoms with Gasteiger partial charge in [-0.25, -0.2) is 9.78 Å². The van der Waals surface area contributed by atoms with Crippen molar-refractivity contribution in [3.8, 4) is 16.9 Å². The van der Waals surface area contributed by atoms with Crippen LogP contribution in [0.5, 0.6) is 5.75 Å². The molecule has 1 aliphatic rings. The Morgan fingerprint density at radius 1 is 1.12 bits per heavy atom. The predicted octanol–water partition coefficient (Wildman–Crippen LogP) is 6.68. The third-order valence-corrected chi connectivity index (χ3v) is 9.19. The molecule has 1 fully saturated rings. The number of nitrogen functional groups attached to an aromatic ring is 1. The molecule has 4 aromatic rings. The maximum absolute atomic E-state index is 14.2. The maximum atomic E-state index is 14.2. The highest BCUT2D eigenvalue weighted by Gasteiger charge is 2.32. The van der Waals surface area contributed by atoms with Gasteiger partial charge in [0.1, 0.15) is 16.4 Å². The van der Waals surface area contributed by atoms with Crippen LogP contribution in [0.25, 0.3) is 21.2 Å². The highest BCUT2D eigenvalue weighted by atomic mass is 35.5. The van der Waals surface area contributed by atoms with Gasteiger partial charge < -0.3 is 25.8 Å². The van der Waals surface area contributed by atoms with Gasteiger partial charge in [0, 0.05) is 46.5 Å². The lowest BCUT2D eigenvalue weighted by molar-refractivity contribution is 0.0592. The first-order valence-electron chi connectivity index (χ1n) is 13.2. The van der Waals surface area contributed by atoms with Crippen LogP contribution in [0.4, 0.5) is 10.6 Å². The molecule has 0 saturated heterocycles. The molecule has 0 atom stereocenters. The molecule has 0 unspecified atom stereocenters. The van der Waals surface area contributed by atoms with E-state index in [2.05, 4.69) is 10.3 Å². The van der Waals surface area contributed by atoms with E-state index >= 15 is 0 Å². The molecule has 0 radical (unpaired) electrons. The Bertz CT molecular complexity index is 1520. The van der Waals surface area contributed by atoms with E-state index in [0.29, 0.717) is 34.6 Å². The summed E-state index contributed by atoms with van der Waals surface area (Å²) in [7, 11) is 1.62. The first-order valence-corrected chi connectivity index (χ1v) is 14.4. The van der Waals surface area contributed by atoms with Gasteiger partial charge in [0.25, 0.3) is 5.91 Å². The number of rotatable bonds is 8. The summed E-state index contributed by atoms with van der Waals surface area (Å²) < 4.78 is 6.68. The summed E-state index contributed by atoms with van der Waals surface area (Å²) in [5, 5.41) is 12.9. The molecule has 5 rings (SSSR count). The zero-order chi connectivity index (χ0) is 28.2. The van der Waals surface area contributed by atoms with Crippen molar-refractivity contribution in [3.63, 3.8) is 0 Å². The molecule has 0 aliphatic heterocycles. The van der Waals surface area contributed by atoms with Gasteiger partial charge in [-0.05, 0) is 67.5 Å². The molecule has 2 heterocycles. The lowest BCUT2D eigenvalue weighted by Crippen LogP contribution is -2.43. The smallest absolute Gasteiger partial charge is 0.404 e. The Labute approximate surface area is 241 Å². The number of nitrogens with one attached hydrogen (secondary N) is 1. The average Bonchev–Trinajstić information content (AvgIpc) is 3.31. The second-order valence-corrected chi connectivity index (χ2v) is 11.5. The molecular weight excluding hydrogens is 548 g/mol. The fourth-order valence-corrected chi connectivity index (χ4v) is 6.85. The summed E-state index contributed by atoms with van der Waals surface area (Å²) >= 11 is 8.17. The number of benzene rings is 2. The number of anilines is 1. The minimum atomic E-state index is -1.01. The van der Waals surface area contributed by atoms with Crippen molar-refractivity contribution >= 4 is 50.8 Å². The second-order valence-electron chi connectivity index (χ2n) is 10.0. The third-order valence-electron chi connectivity index (χ3n) is 7.53. The van der Waals surface area contributed by atoms with Crippen LogP contribution in [0.2, 0.25) is 5.02 Å². The number of carbonyl (C=O) groups excluding carboxylic acids is 1. The number of halogens is 1. The number of pyridine rings is 1. The monoisotopic (exact) mass is 578 g/mol. The van der Waals surface area contributed by atoms with E-state index in [-0.39, 0.29) is 17.9 Å². The van der Waals surface area contributed by atoms with Crippen LogP contribution < -0.4 is 15.8 Å². The number of nitrogens with two attached hydrogens (primary N) is 1. The first-order chi connectivity index (χ1) is 19.3. The molecule has 40 heavy (non-hydrogen) atoms. The highest BCUT2D eigenvalue weighted by Crippen LogP contribution is 2.39. The van der Waals surface area contributed by atoms with Gasteiger partial charge >= 0.3 is 6.09 Å². The molecule has 2 aromatic carbocycles. The summed E-state index contributed by atoms with van der Waals surface area (Å²) in [6, 6.07) is 17.3. The zero-order valence-corrected chi connectivity index (χ0v) is 23.7. The normalized spacial score (nSPS) is 16.9. The maximum Gasteiger partial charge on any atom is 0.404 e. The van der Waals surface area contributed by atoms with Crippen molar-refractivity contribution in [1.29, 1.82) is 0 Å². The Kier molecular flexibility index (Phi) is 8.42. The molecule has 4 N–H and O–H groups in total. The molecule has 208 valence electrons. The number of thiophene rings is 1. The standard InChI is InChI=1S/C30H31ClN4O4S/c1-39-24-12-8-19(20-9-13-26(32)33-16-20)14-21(24)17-35(22-10-6-18(7-11-22)15-34-30(37)38)29(36)28-27(31)23-4-2-3-5-25(23)40-28/h2-5,8-9,12-14,16,18,22,34H,6-7,10-11,15,17H2,1H3,(H2,32,33)(H,37,38). The highest BCUT2D eigenvalue weighted by molar-refractivity contribution is 7.21. The molecule has 1 aliphatic carbocycles. The van der Waals surface area contributed by atoms with Crippen molar-refractivity contribution in [2.45, 2.75) is 38.3 Å². The Morgan fingerprint density at radius 3 is 2.55 bits per heavy atom. The number of hydrogen-bond donors (Lipinski definition) is 3. The Balaban J connectivity index is 1.48. The molecule has 2 aromatic heterocycles. The van der Waals surface area contributed by atoms with Gasteiger partial charge in [-0.1, -0.05) is 35.9 Å². The van der Waals surface area contributed by atoms with E-state index in [9.17, 15) is 9.59 Å². The number of methoxy groups -OCH3 is 1. The molecule has 10 heteroatoms. The summed E-state index contributed by atoms with van der Waals surface area (Å²) in [5.41, 5.74) is 8.51. The van der Waals surface area contributed by atoms with Crippen molar-refractivity contribution < 1.29 is 19.4 Å². The topological polar surface area (TPSA) is 118 Å². The van der Waals surface area contributed by atoms with Crippen LogP contribution in [-0.4, -0.2) is 46.7 Å². The van der Waals surface area contributed by atoms with E-state index < -0.39 is 6.09 Å². The van der Waals surface area contributed by atoms with Gasteiger partial charge in [-0.2, -0.15) is 0 Å². The quantitative estimate of drug-likeness (QED) is 0.215. The number of ether oxygens (including phenoxy) is 1. The molecule has 0 spiro atoms. The summed E-state index contributed by atoms with van der Waals surface area (Å²) in [5.74, 6) is 1.27. The van der Waals surface area contributed by atoms with Crippen LogP contribution in [0.3, 0.4) is 0 Å². The van der Waals surface area contributed by atoms with Crippen LogP contribution in [-0.2, 0) is 6.54 Å². The Hall–Kier alpha value is -3.82. The lowest BCUT2D eigenvalue weighted by atomic mass is 9.85. The van der Waals surface area contributed by atoms with E-state index in [1.807, 2.05) is 53.4 Å². The molecule has 8 nitrogen and oxygen atoms in total. The number of carboxylic acid groups (broad SMARTS) is 1. The van der Waals surface area contributed by atoms with Gasteiger partial charge in [0.15, 0.2) is 0 Å². The van der Waals surface area contributed by atoms with E-state index in [4.69, 9.17) is 27.2 Å².